The topological polar surface area (TPSA) is 88.3 Å². The minimum Gasteiger partial charge on any atom is -0.488 e. The fourth-order valence-corrected chi connectivity index (χ4v) is 5.38. The number of rotatable bonds is 13. The van der Waals surface area contributed by atoms with Crippen molar-refractivity contribution < 1.29 is 66.1 Å². The van der Waals surface area contributed by atoms with Gasteiger partial charge in [-0.05, 0) is 36.4 Å². The van der Waals surface area contributed by atoms with Crippen molar-refractivity contribution in [1.29, 1.82) is 0 Å². The maximum Gasteiger partial charge on any atom is 0.265 e. The van der Waals surface area contributed by atoms with E-state index in [0.717, 1.165) is 24.3 Å². The predicted octanol–water partition coefficient (Wildman–Crippen LogP) is 5.74. The lowest BCUT2D eigenvalue weighted by atomic mass is 9.36. The lowest BCUT2D eigenvalue weighted by molar-refractivity contribution is -0.890. The van der Waals surface area contributed by atoms with Crippen LogP contribution >= 0.6 is 0 Å². The van der Waals surface area contributed by atoms with E-state index >= 15 is 0 Å². The lowest BCUT2D eigenvalue weighted by Crippen LogP contribution is -2.58. The monoisotopic (exact) mass is 736 g/mol. The first-order valence-electron chi connectivity index (χ1n) is 14.4. The third-order valence-electron chi connectivity index (χ3n) is 7.54. The maximum atomic E-state index is 14.9. The zero-order valence-electron chi connectivity index (χ0n) is 25.9. The highest BCUT2D eigenvalue weighted by Gasteiger charge is 2.40. The zero-order valence-corrected chi connectivity index (χ0v) is 26.7. The van der Waals surface area contributed by atoms with E-state index < -0.39 is 91.4 Å². The number of ether oxygens (including phenoxy) is 1. The average Bonchev–Trinajstić information content (AvgIpc) is 3.06. The van der Waals surface area contributed by atoms with Gasteiger partial charge in [-0.15, -0.1) is 0 Å². The highest BCUT2D eigenvalue weighted by molar-refractivity contribution is 7.85. The van der Waals surface area contributed by atoms with E-state index in [4.69, 9.17) is 9.29 Å². The van der Waals surface area contributed by atoms with Gasteiger partial charge < -0.3 is 9.22 Å². The molecule has 0 aliphatic rings. The molecule has 0 saturated heterocycles. The van der Waals surface area contributed by atoms with Crippen LogP contribution in [0.25, 0.3) is 0 Å². The summed E-state index contributed by atoms with van der Waals surface area (Å²) in [5.41, 5.74) is -4.06. The third kappa shape index (κ3) is 8.62. The van der Waals surface area contributed by atoms with Crippen LogP contribution < -0.4 is 21.1 Å². The minimum atomic E-state index is -4.05. The quantitative estimate of drug-likeness (QED) is 0.0361. The van der Waals surface area contributed by atoms with Crippen LogP contribution in [0.2, 0.25) is 0 Å². The Labute approximate surface area is 279 Å². The summed E-state index contributed by atoms with van der Waals surface area (Å²) in [4.78, 5) is 0. The van der Waals surface area contributed by atoms with Gasteiger partial charge >= 0.3 is 0 Å². The molecule has 266 valence electrons. The molecule has 19 heteroatoms. The van der Waals surface area contributed by atoms with Crippen molar-refractivity contribution in [3.05, 3.63) is 107 Å². The molecule has 0 unspecified atom stereocenters. The highest BCUT2D eigenvalue weighted by atomic mass is 32.2. The van der Waals surface area contributed by atoms with Gasteiger partial charge in [-0.3, -0.25) is 4.55 Å². The molecule has 0 spiro atoms. The molecule has 0 heterocycles. The third-order valence-corrected chi connectivity index (χ3v) is 8.34. The molecule has 0 aliphatic carbocycles. The van der Waals surface area contributed by atoms with Crippen LogP contribution in [-0.4, -0.2) is 63.7 Å². The smallest absolute Gasteiger partial charge is 0.265 e. The second-order valence-corrected chi connectivity index (χ2v) is 13.1. The number of likely N-dealkylation sites (N-methyl/N-ethyl adjacent to an activating group) is 1. The zero-order chi connectivity index (χ0) is 37.1. The molecule has 0 fully saturated rings. The number of hydrogen-bond acceptors (Lipinski definition) is 5. The summed E-state index contributed by atoms with van der Waals surface area (Å²) in [5, 5.41) is 7.91. The van der Waals surface area contributed by atoms with Gasteiger partial charge in [-0.1, -0.05) is 17.6 Å². The van der Waals surface area contributed by atoms with Crippen LogP contribution in [0.4, 0.5) is 55.3 Å². The van der Waals surface area contributed by atoms with Crippen LogP contribution in [0.3, 0.4) is 0 Å². The van der Waals surface area contributed by atoms with Gasteiger partial charge in [0.25, 0.3) is 16.8 Å². The molecule has 4 rings (SSSR count). The van der Waals surface area contributed by atoms with E-state index in [9.17, 15) is 52.3 Å². The average molecular weight is 736 g/mol. The van der Waals surface area contributed by atoms with Crippen molar-refractivity contribution in [1.82, 2.24) is 0 Å². The Morgan fingerprint density at radius 1 is 0.620 bits per heavy atom. The Morgan fingerprint density at radius 2 is 1.00 bits per heavy atom. The first-order valence-corrected chi connectivity index (χ1v) is 16.0. The van der Waals surface area contributed by atoms with E-state index in [2.05, 4.69) is 10.2 Å². The van der Waals surface area contributed by atoms with E-state index in [0.29, 0.717) is 29.0 Å². The van der Waals surface area contributed by atoms with Crippen molar-refractivity contribution in [3.63, 3.8) is 0 Å². The first-order chi connectivity index (χ1) is 23.3. The number of halogens is 10. The molecular weight excluding hydrogens is 711 g/mol. The molecule has 50 heavy (non-hydrogen) atoms. The van der Waals surface area contributed by atoms with Gasteiger partial charge in [0.15, 0.2) is 58.2 Å². The van der Waals surface area contributed by atoms with Crippen LogP contribution in [0.1, 0.15) is 6.42 Å². The van der Waals surface area contributed by atoms with Crippen molar-refractivity contribution in [2.45, 2.75) is 6.42 Å². The Kier molecular flexibility index (Phi) is 11.6. The Balaban J connectivity index is 1.56. The van der Waals surface area contributed by atoms with Crippen LogP contribution in [0.5, 0.6) is 5.75 Å². The molecule has 0 aromatic heterocycles. The highest BCUT2D eigenvalue weighted by Crippen LogP contribution is 2.23. The standard InChI is InChI=1S/C31H24BF10N3O4S/c1-45(2,12-3-15-50(46,47)48)13-14-49-19-10-8-18(9-11-19)44-43-17-6-4-16(5-7-17)32(20-22(33)26(37)30(41)27(38)23(20)34)21-24(35)28(39)31(42)29(40)25(21)36/h4-11H,3,12-15H2,1-2H3/p+1. The van der Waals surface area contributed by atoms with Gasteiger partial charge in [0, 0.05) is 17.3 Å². The summed E-state index contributed by atoms with van der Waals surface area (Å²) in [5.74, 6) is -25.3. The second-order valence-electron chi connectivity index (χ2n) is 11.6. The molecular formula is C31H25BF10N3O4S+. The van der Waals surface area contributed by atoms with Crippen molar-refractivity contribution in [2.75, 3.05) is 39.5 Å². The fraction of sp³-hybridized carbons (Fsp3) is 0.226. The Morgan fingerprint density at radius 3 is 1.40 bits per heavy atom. The fourth-order valence-electron chi connectivity index (χ4n) is 4.88. The molecule has 4 aromatic carbocycles. The molecule has 0 aliphatic heterocycles. The van der Waals surface area contributed by atoms with Gasteiger partial charge in [0.1, 0.15) is 18.9 Å². The number of azo groups is 1. The van der Waals surface area contributed by atoms with Gasteiger partial charge in [-0.2, -0.15) is 18.6 Å². The van der Waals surface area contributed by atoms with Crippen molar-refractivity contribution >= 4 is 44.6 Å². The van der Waals surface area contributed by atoms with E-state index in [1.165, 1.54) is 12.1 Å². The molecule has 1 N–H and O–H groups in total. The number of hydrogen-bond donors (Lipinski definition) is 1. The molecule has 0 bridgehead atoms. The van der Waals surface area contributed by atoms with Crippen LogP contribution in [0.15, 0.2) is 58.8 Å². The van der Waals surface area contributed by atoms with E-state index in [-0.39, 0.29) is 24.5 Å². The van der Waals surface area contributed by atoms with E-state index in [1.807, 2.05) is 14.1 Å². The SMILES string of the molecule is C[N+](C)(CCCS(=O)(=O)O)CCOc1ccc(N=Nc2ccc(B(c3c(F)c(F)c(F)c(F)c3F)c3c(F)c(F)c(F)c(F)c3F)cc2)cc1. The Bertz CT molecular complexity index is 1910. The molecule has 0 radical (unpaired) electrons. The van der Waals surface area contributed by atoms with Gasteiger partial charge in [0.05, 0.1) is 37.8 Å². The van der Waals surface area contributed by atoms with Gasteiger partial charge in [0.2, 0.25) is 0 Å². The summed E-state index contributed by atoms with van der Waals surface area (Å²) in [7, 11) is -0.326. The summed E-state index contributed by atoms with van der Waals surface area (Å²) < 4.78 is 180. The largest absolute Gasteiger partial charge is 0.488 e. The summed E-state index contributed by atoms with van der Waals surface area (Å²) >= 11 is 0. The molecule has 0 amide bonds. The summed E-state index contributed by atoms with van der Waals surface area (Å²) in [6.07, 6.45) is 0.255. The molecule has 0 atom stereocenters. The molecule has 7 nitrogen and oxygen atoms in total. The van der Waals surface area contributed by atoms with Gasteiger partial charge in [-0.25, -0.2) is 43.9 Å². The van der Waals surface area contributed by atoms with Crippen molar-refractivity contribution in [3.8, 4) is 5.75 Å². The normalized spacial score (nSPS) is 12.2. The minimum absolute atomic E-state index is 0.00310. The van der Waals surface area contributed by atoms with Crippen LogP contribution in [-0.2, 0) is 10.1 Å². The maximum absolute atomic E-state index is 14.9. The number of benzene rings is 4. The number of quaternary nitrogens is 1. The second kappa shape index (κ2) is 15.2. The lowest BCUT2D eigenvalue weighted by Gasteiger charge is -2.29. The van der Waals surface area contributed by atoms with E-state index in [1.54, 1.807) is 12.1 Å². The Hall–Kier alpha value is -4.49. The van der Waals surface area contributed by atoms with Crippen LogP contribution in [0, 0.1) is 58.2 Å². The summed E-state index contributed by atoms with van der Waals surface area (Å²) in [6.45, 7) is -1.45. The predicted molar refractivity (Wildman–Crippen MR) is 163 cm³/mol. The number of nitrogens with zero attached hydrogens (tertiary/aromatic N) is 3. The van der Waals surface area contributed by atoms with Crippen molar-refractivity contribution in [2.24, 2.45) is 10.2 Å². The molecule has 4 aromatic rings. The first kappa shape index (κ1) is 38.3. The molecule has 0 saturated carbocycles. The summed E-state index contributed by atoms with van der Waals surface area (Å²) in [6, 6.07) is 10.0.